The largest absolute Gasteiger partial charge is 0.506 e. The van der Waals surface area contributed by atoms with Crippen LogP contribution in [0.1, 0.15) is 31.5 Å². The fourth-order valence-corrected chi connectivity index (χ4v) is 3.95. The number of pyridine rings is 2. The van der Waals surface area contributed by atoms with Crippen LogP contribution >= 0.6 is 0 Å². The lowest BCUT2D eigenvalue weighted by Gasteiger charge is -2.35. The number of phenolic OH excluding ortho intramolecular Hbond substituents is 1. The molecule has 2 aromatic heterocycles. The number of fused-ring (bicyclic) bond motifs is 1. The Balaban J connectivity index is 1.41. The average Bonchev–Trinajstić information content (AvgIpc) is 2.78. The molecule has 1 aliphatic heterocycles. The molecule has 29 heavy (non-hydrogen) atoms. The van der Waals surface area contributed by atoms with Crippen LogP contribution < -0.4 is 4.90 Å². The summed E-state index contributed by atoms with van der Waals surface area (Å²) in [7, 11) is 1.86. The number of para-hydroxylation sites is 1. The first-order valence-electron chi connectivity index (χ1n) is 10.1. The number of aromatic hydroxyl groups is 1. The molecule has 1 atom stereocenters. The molecule has 0 radical (unpaired) electrons. The predicted octanol–water partition coefficient (Wildman–Crippen LogP) is 3.77. The molecule has 1 aromatic carbocycles. The topological polar surface area (TPSA) is 69.6 Å². The van der Waals surface area contributed by atoms with Crippen LogP contribution in [-0.4, -0.2) is 46.0 Å². The highest BCUT2D eigenvalue weighted by atomic mass is 16.3. The molecular formula is C23H26N4O2. The first-order valence-corrected chi connectivity index (χ1v) is 10.1. The molecule has 6 heteroatoms. The van der Waals surface area contributed by atoms with E-state index >= 15 is 0 Å². The number of nitrogens with zero attached hydrogens (tertiary/aromatic N) is 4. The summed E-state index contributed by atoms with van der Waals surface area (Å²) in [6.45, 7) is 3.56. The Morgan fingerprint density at radius 1 is 1.14 bits per heavy atom. The number of piperidine rings is 1. The number of benzene rings is 1. The molecule has 6 nitrogen and oxygen atoms in total. The van der Waals surface area contributed by atoms with Gasteiger partial charge in [-0.3, -0.25) is 9.78 Å². The lowest BCUT2D eigenvalue weighted by molar-refractivity contribution is -0.136. The summed E-state index contributed by atoms with van der Waals surface area (Å²) in [5.74, 6) is 1.22. The number of phenols is 1. The van der Waals surface area contributed by atoms with Crippen molar-refractivity contribution in [3.63, 3.8) is 0 Å². The van der Waals surface area contributed by atoms with Crippen LogP contribution in [0.3, 0.4) is 0 Å². The van der Waals surface area contributed by atoms with Gasteiger partial charge in [-0.25, -0.2) is 4.98 Å². The Kier molecular flexibility index (Phi) is 5.34. The van der Waals surface area contributed by atoms with E-state index in [1.54, 1.807) is 12.3 Å². The van der Waals surface area contributed by atoms with Crippen molar-refractivity contribution in [2.24, 2.45) is 5.92 Å². The van der Waals surface area contributed by atoms with Gasteiger partial charge in [-0.05, 0) is 50.1 Å². The van der Waals surface area contributed by atoms with Crippen LogP contribution in [0.5, 0.6) is 5.75 Å². The maximum absolute atomic E-state index is 13.0. The summed E-state index contributed by atoms with van der Waals surface area (Å²) >= 11 is 0. The molecule has 1 N–H and O–H groups in total. The highest BCUT2D eigenvalue weighted by Crippen LogP contribution is 2.29. The minimum atomic E-state index is -0.0492. The third kappa shape index (κ3) is 3.88. The van der Waals surface area contributed by atoms with Gasteiger partial charge in [0.2, 0.25) is 5.91 Å². The zero-order valence-electron chi connectivity index (χ0n) is 16.8. The van der Waals surface area contributed by atoms with E-state index in [9.17, 15) is 9.90 Å². The van der Waals surface area contributed by atoms with Crippen molar-refractivity contribution in [3.05, 3.63) is 60.4 Å². The van der Waals surface area contributed by atoms with E-state index in [-0.39, 0.29) is 23.6 Å². The van der Waals surface area contributed by atoms with Crippen LogP contribution in [0.25, 0.3) is 10.9 Å². The number of rotatable bonds is 4. The standard InChI is InChI=1S/C23H26N4O2/c1-16(19-7-3-4-13-24-19)26(2)23(29)18-11-14-27(15-12-18)21-10-9-17-6-5-8-20(28)22(17)25-21/h3-10,13,16,18,28H,11-12,14-15H2,1-2H3. The number of carbonyl (C=O) groups excluding carboxylic acids is 1. The molecule has 0 spiro atoms. The van der Waals surface area contributed by atoms with Crippen molar-refractivity contribution >= 4 is 22.6 Å². The van der Waals surface area contributed by atoms with Gasteiger partial charge in [0, 0.05) is 37.6 Å². The zero-order valence-corrected chi connectivity index (χ0v) is 16.8. The van der Waals surface area contributed by atoms with Crippen LogP contribution in [0.15, 0.2) is 54.7 Å². The van der Waals surface area contributed by atoms with Gasteiger partial charge in [-0.15, -0.1) is 0 Å². The molecule has 1 fully saturated rings. The molecule has 4 rings (SSSR count). The van der Waals surface area contributed by atoms with Gasteiger partial charge in [0.1, 0.15) is 17.1 Å². The molecule has 3 heterocycles. The Hall–Kier alpha value is -3.15. The van der Waals surface area contributed by atoms with Gasteiger partial charge in [0.15, 0.2) is 0 Å². The van der Waals surface area contributed by atoms with Crippen molar-refractivity contribution in [1.82, 2.24) is 14.9 Å². The van der Waals surface area contributed by atoms with Crippen LogP contribution in [0.4, 0.5) is 5.82 Å². The van der Waals surface area contributed by atoms with Gasteiger partial charge in [0.05, 0.1) is 11.7 Å². The van der Waals surface area contributed by atoms with Crippen LogP contribution in [0, 0.1) is 5.92 Å². The van der Waals surface area contributed by atoms with E-state index in [1.165, 1.54) is 0 Å². The van der Waals surface area contributed by atoms with Crippen molar-refractivity contribution in [2.45, 2.75) is 25.8 Å². The number of aromatic nitrogens is 2. The summed E-state index contributed by atoms with van der Waals surface area (Å²) in [5.41, 5.74) is 1.52. The number of amides is 1. The SMILES string of the molecule is CC(c1ccccn1)N(C)C(=O)C1CCN(c2ccc3cccc(O)c3n2)CC1. The predicted molar refractivity (Wildman–Crippen MR) is 114 cm³/mol. The highest BCUT2D eigenvalue weighted by molar-refractivity contribution is 5.85. The van der Waals surface area contributed by atoms with E-state index in [0.29, 0.717) is 5.52 Å². The van der Waals surface area contributed by atoms with E-state index in [2.05, 4.69) is 14.9 Å². The van der Waals surface area contributed by atoms with Gasteiger partial charge in [-0.1, -0.05) is 18.2 Å². The minimum absolute atomic E-state index is 0.0104. The van der Waals surface area contributed by atoms with Crippen molar-refractivity contribution < 1.29 is 9.90 Å². The van der Waals surface area contributed by atoms with Crippen LogP contribution in [-0.2, 0) is 4.79 Å². The first kappa shape index (κ1) is 19.2. The molecule has 1 aliphatic rings. The molecule has 0 saturated carbocycles. The van der Waals surface area contributed by atoms with Gasteiger partial charge < -0.3 is 14.9 Å². The third-order valence-electron chi connectivity index (χ3n) is 5.90. The fraction of sp³-hybridized carbons (Fsp3) is 0.348. The second kappa shape index (κ2) is 8.07. The second-order valence-electron chi connectivity index (χ2n) is 7.66. The number of carbonyl (C=O) groups is 1. The molecule has 3 aromatic rings. The highest BCUT2D eigenvalue weighted by Gasteiger charge is 2.30. The summed E-state index contributed by atoms with van der Waals surface area (Å²) in [6.07, 6.45) is 3.34. The summed E-state index contributed by atoms with van der Waals surface area (Å²) in [6, 6.07) is 15.1. The molecule has 1 amide bonds. The number of hydrogen-bond acceptors (Lipinski definition) is 5. The Morgan fingerprint density at radius 3 is 2.66 bits per heavy atom. The Morgan fingerprint density at radius 2 is 1.93 bits per heavy atom. The Labute approximate surface area is 170 Å². The van der Waals surface area contributed by atoms with Gasteiger partial charge >= 0.3 is 0 Å². The summed E-state index contributed by atoms with van der Waals surface area (Å²) in [5, 5.41) is 11.0. The molecule has 0 aliphatic carbocycles. The quantitative estimate of drug-likeness (QED) is 0.734. The fourth-order valence-electron chi connectivity index (χ4n) is 3.95. The third-order valence-corrected chi connectivity index (χ3v) is 5.90. The van der Waals surface area contributed by atoms with E-state index < -0.39 is 0 Å². The van der Waals surface area contributed by atoms with Crippen LogP contribution in [0.2, 0.25) is 0 Å². The van der Waals surface area contributed by atoms with Gasteiger partial charge in [0.25, 0.3) is 0 Å². The Bertz CT molecular complexity index is 1000. The van der Waals surface area contributed by atoms with E-state index in [1.807, 2.05) is 61.3 Å². The number of hydrogen-bond donors (Lipinski definition) is 1. The van der Waals surface area contributed by atoms with Crippen molar-refractivity contribution in [1.29, 1.82) is 0 Å². The summed E-state index contributed by atoms with van der Waals surface area (Å²) < 4.78 is 0. The maximum atomic E-state index is 13.0. The summed E-state index contributed by atoms with van der Waals surface area (Å²) in [4.78, 5) is 26.0. The van der Waals surface area contributed by atoms with E-state index in [0.717, 1.165) is 42.8 Å². The molecule has 1 saturated heterocycles. The molecule has 150 valence electrons. The van der Waals surface area contributed by atoms with Crippen molar-refractivity contribution in [2.75, 3.05) is 25.0 Å². The smallest absolute Gasteiger partial charge is 0.226 e. The monoisotopic (exact) mass is 390 g/mol. The lowest BCUT2D eigenvalue weighted by Crippen LogP contribution is -2.42. The second-order valence-corrected chi connectivity index (χ2v) is 7.66. The normalized spacial score (nSPS) is 16.0. The maximum Gasteiger partial charge on any atom is 0.226 e. The minimum Gasteiger partial charge on any atom is -0.506 e. The zero-order chi connectivity index (χ0) is 20.4. The molecule has 0 bridgehead atoms. The van der Waals surface area contributed by atoms with Crippen molar-refractivity contribution in [3.8, 4) is 5.75 Å². The first-order chi connectivity index (χ1) is 14.0. The van der Waals surface area contributed by atoms with E-state index in [4.69, 9.17) is 0 Å². The molecule has 1 unspecified atom stereocenters. The van der Waals surface area contributed by atoms with Gasteiger partial charge in [-0.2, -0.15) is 0 Å². The lowest BCUT2D eigenvalue weighted by atomic mass is 9.94. The number of anilines is 1. The average molecular weight is 390 g/mol. The molecular weight excluding hydrogens is 364 g/mol.